The Balaban J connectivity index is 0.000000170. The van der Waals surface area contributed by atoms with Crippen LogP contribution in [0.1, 0.15) is 104 Å². The number of hydrogen-bond donors (Lipinski definition) is 3. The number of piperidine rings is 3. The first kappa shape index (κ1) is 39.4. The van der Waals surface area contributed by atoms with Gasteiger partial charge in [-0.15, -0.1) is 22.7 Å². The van der Waals surface area contributed by atoms with E-state index in [1.807, 2.05) is 13.1 Å². The van der Waals surface area contributed by atoms with Crippen molar-refractivity contribution >= 4 is 22.7 Å². The van der Waals surface area contributed by atoms with Crippen LogP contribution in [0, 0.1) is 6.92 Å². The molecule has 5 heterocycles. The second kappa shape index (κ2) is 18.8. The van der Waals surface area contributed by atoms with Crippen molar-refractivity contribution in [3.8, 4) is 0 Å². The zero-order valence-corrected chi connectivity index (χ0v) is 30.6. The highest BCUT2D eigenvalue weighted by Crippen LogP contribution is 2.35. The summed E-state index contributed by atoms with van der Waals surface area (Å²) in [6.07, 6.45) is 3.28. The van der Waals surface area contributed by atoms with Gasteiger partial charge in [0, 0.05) is 28.8 Å². The average Bonchev–Trinajstić information content (AvgIpc) is 3.76. The fourth-order valence-corrected chi connectivity index (χ4v) is 8.87. The second-order valence-electron chi connectivity index (χ2n) is 13.3. The number of alkyl halides is 6. The van der Waals surface area contributed by atoms with Gasteiger partial charge in [0.05, 0.1) is 26.8 Å². The summed E-state index contributed by atoms with van der Waals surface area (Å²) < 4.78 is 75.4. The molecule has 51 heavy (non-hydrogen) atoms. The highest BCUT2D eigenvalue weighted by molar-refractivity contribution is 7.12. The van der Waals surface area contributed by atoms with E-state index >= 15 is 0 Å². The lowest BCUT2D eigenvalue weighted by molar-refractivity contribution is -0.138. The predicted octanol–water partition coefficient (Wildman–Crippen LogP) is 9.51. The average molecular weight is 752 g/mol. The largest absolute Gasteiger partial charge is 0.416 e. The minimum Gasteiger partial charge on any atom is -0.317 e. The summed E-state index contributed by atoms with van der Waals surface area (Å²) in [7, 11) is 0. The maximum Gasteiger partial charge on any atom is 0.416 e. The van der Waals surface area contributed by atoms with E-state index in [0.717, 1.165) is 103 Å². The third-order valence-electron chi connectivity index (χ3n) is 9.38. The van der Waals surface area contributed by atoms with E-state index < -0.39 is 23.5 Å². The monoisotopic (exact) mass is 751 g/mol. The molecule has 7 rings (SSSR count). The van der Waals surface area contributed by atoms with Gasteiger partial charge in [-0.1, -0.05) is 30.7 Å². The van der Waals surface area contributed by atoms with Gasteiger partial charge in [0.25, 0.3) is 0 Å². The molecule has 3 fully saturated rings. The van der Waals surface area contributed by atoms with Crippen LogP contribution < -0.4 is 16.0 Å². The van der Waals surface area contributed by atoms with Crippen molar-refractivity contribution in [3.05, 3.63) is 102 Å². The molecule has 0 aliphatic carbocycles. The number of thiazole rings is 2. The van der Waals surface area contributed by atoms with Crippen molar-refractivity contribution in [2.75, 3.05) is 39.3 Å². The molecule has 0 radical (unpaired) electrons. The van der Waals surface area contributed by atoms with Gasteiger partial charge in [0.15, 0.2) is 0 Å². The van der Waals surface area contributed by atoms with Crippen LogP contribution in [0.4, 0.5) is 26.3 Å². The first-order valence-electron chi connectivity index (χ1n) is 17.8. The zero-order chi connectivity index (χ0) is 36.3. The summed E-state index contributed by atoms with van der Waals surface area (Å²) in [6, 6.07) is 10.7. The molecule has 0 unspecified atom stereocenters. The smallest absolute Gasteiger partial charge is 0.317 e. The lowest BCUT2D eigenvalue weighted by Crippen LogP contribution is -2.26. The van der Waals surface area contributed by atoms with Gasteiger partial charge in [-0.25, -0.2) is 9.97 Å². The highest BCUT2D eigenvalue weighted by atomic mass is 32.1. The SMILES string of the molecule is C1CCNCC1.Cc1nc(Cc2ccc(C(F)(F)F)cc2)sc1C1CCNCC1.FC(F)(F)c1ccc(Cc2ncc(C3CCNCC3)s2)cc1. The van der Waals surface area contributed by atoms with Crippen molar-refractivity contribution in [1.82, 2.24) is 25.9 Å². The lowest BCUT2D eigenvalue weighted by atomic mass is 9.96. The first-order valence-corrected chi connectivity index (χ1v) is 19.4. The zero-order valence-electron chi connectivity index (χ0n) is 28.9. The Hall–Kier alpha value is -2.84. The Morgan fingerprint density at radius 2 is 1.08 bits per heavy atom. The molecule has 0 saturated carbocycles. The van der Waals surface area contributed by atoms with Crippen LogP contribution in [0.25, 0.3) is 0 Å². The molecule has 0 amide bonds. The quantitative estimate of drug-likeness (QED) is 0.172. The fourth-order valence-electron chi connectivity index (χ4n) is 6.48. The molecule has 3 aliphatic rings. The summed E-state index contributed by atoms with van der Waals surface area (Å²) in [6.45, 7) is 8.68. The Kier molecular flexibility index (Phi) is 14.5. The van der Waals surface area contributed by atoms with E-state index in [4.69, 9.17) is 0 Å². The predicted molar refractivity (Wildman–Crippen MR) is 194 cm³/mol. The van der Waals surface area contributed by atoms with E-state index in [2.05, 4.69) is 25.9 Å². The van der Waals surface area contributed by atoms with Gasteiger partial charge < -0.3 is 16.0 Å². The maximum absolute atomic E-state index is 12.6. The Morgan fingerprint density at radius 3 is 1.53 bits per heavy atom. The maximum atomic E-state index is 12.6. The normalized spacial score (nSPS) is 17.6. The molecule has 2 aromatic carbocycles. The van der Waals surface area contributed by atoms with Gasteiger partial charge in [0.2, 0.25) is 0 Å². The number of aromatic nitrogens is 2. The third kappa shape index (κ3) is 12.4. The minimum atomic E-state index is -4.28. The van der Waals surface area contributed by atoms with Gasteiger partial charge in [-0.05, 0) is 132 Å². The Morgan fingerprint density at radius 1 is 0.608 bits per heavy atom. The molecule has 3 N–H and O–H groups in total. The molecule has 0 spiro atoms. The number of halogens is 6. The number of rotatable bonds is 6. The van der Waals surface area contributed by atoms with Crippen LogP contribution in [0.3, 0.4) is 0 Å². The molecule has 3 aliphatic heterocycles. The van der Waals surface area contributed by atoms with E-state index in [-0.39, 0.29) is 0 Å². The van der Waals surface area contributed by atoms with Gasteiger partial charge in [-0.2, -0.15) is 26.3 Å². The van der Waals surface area contributed by atoms with Crippen LogP contribution in [0.2, 0.25) is 0 Å². The topological polar surface area (TPSA) is 61.9 Å². The Bertz CT molecular complexity index is 1590. The van der Waals surface area contributed by atoms with Crippen LogP contribution in [-0.2, 0) is 25.2 Å². The van der Waals surface area contributed by atoms with E-state index in [1.165, 1.54) is 54.2 Å². The molecule has 3 saturated heterocycles. The highest BCUT2D eigenvalue weighted by Gasteiger charge is 2.31. The summed E-state index contributed by atoms with van der Waals surface area (Å²) >= 11 is 3.39. The van der Waals surface area contributed by atoms with Crippen LogP contribution in [0.15, 0.2) is 54.7 Å². The number of hydrogen-bond acceptors (Lipinski definition) is 7. The molecular weight excluding hydrogens is 705 g/mol. The number of nitrogens with one attached hydrogen (secondary N) is 3. The van der Waals surface area contributed by atoms with E-state index in [9.17, 15) is 26.3 Å². The minimum absolute atomic E-state index is 0.565. The standard InChI is InChI=1S/C17H19F3N2S.C16H17F3N2S.C5H11N/c1-11-16(13-6-8-21-9-7-13)23-15(22-11)10-12-2-4-14(5-3-12)17(18,19)20;17-16(18,19)13-3-1-11(2-4-13)9-15-21-10-14(22-15)12-5-7-20-8-6-12;1-2-4-6-5-3-1/h2-5,13,21H,6-10H2,1H3;1-4,10,12,20H,5-9H2;6H,1-5H2. The molecule has 278 valence electrons. The number of nitrogens with zero attached hydrogens (tertiary/aromatic N) is 2. The molecular formula is C38H47F6N5S2. The summed E-state index contributed by atoms with van der Waals surface area (Å²) in [5.74, 6) is 1.13. The van der Waals surface area contributed by atoms with Crippen LogP contribution in [0.5, 0.6) is 0 Å². The molecule has 4 aromatic rings. The third-order valence-corrected chi connectivity index (χ3v) is 11.9. The molecule has 0 bridgehead atoms. The first-order chi connectivity index (χ1) is 24.5. The second-order valence-corrected chi connectivity index (χ2v) is 15.6. The molecule has 5 nitrogen and oxygen atoms in total. The van der Waals surface area contributed by atoms with Gasteiger partial charge in [0.1, 0.15) is 0 Å². The van der Waals surface area contributed by atoms with Crippen molar-refractivity contribution < 1.29 is 26.3 Å². The van der Waals surface area contributed by atoms with Crippen molar-refractivity contribution in [2.24, 2.45) is 0 Å². The Labute approximate surface area is 304 Å². The molecule has 13 heteroatoms. The van der Waals surface area contributed by atoms with E-state index in [1.54, 1.807) is 34.8 Å². The molecule has 2 aromatic heterocycles. The molecule has 0 atom stereocenters. The van der Waals surface area contributed by atoms with E-state index in [0.29, 0.717) is 24.7 Å². The number of benzene rings is 2. The van der Waals surface area contributed by atoms with Gasteiger partial charge in [-0.3, -0.25) is 0 Å². The van der Waals surface area contributed by atoms with Crippen LogP contribution >= 0.6 is 22.7 Å². The van der Waals surface area contributed by atoms with Crippen molar-refractivity contribution in [1.29, 1.82) is 0 Å². The van der Waals surface area contributed by atoms with Crippen LogP contribution in [-0.4, -0.2) is 49.2 Å². The van der Waals surface area contributed by atoms with Gasteiger partial charge >= 0.3 is 12.4 Å². The van der Waals surface area contributed by atoms with Crippen molar-refractivity contribution in [3.63, 3.8) is 0 Å². The summed E-state index contributed by atoms with van der Waals surface area (Å²) in [4.78, 5) is 11.7. The fraction of sp³-hybridized carbons (Fsp3) is 0.526. The lowest BCUT2D eigenvalue weighted by Gasteiger charge is -2.21. The summed E-state index contributed by atoms with van der Waals surface area (Å²) in [5.41, 5.74) is 1.59. The summed E-state index contributed by atoms with van der Waals surface area (Å²) in [5, 5.41) is 11.9. The van der Waals surface area contributed by atoms with Crippen molar-refractivity contribution in [2.45, 2.75) is 88.9 Å². The number of aryl methyl sites for hydroxylation is 1.